The largest absolute Gasteiger partial charge is 0.451 e. The Morgan fingerprint density at radius 3 is 2.88 bits per heavy atom. The molecule has 1 aliphatic rings. The summed E-state index contributed by atoms with van der Waals surface area (Å²) in [7, 11) is 0. The van der Waals surface area contributed by atoms with E-state index in [1.165, 1.54) is 19.2 Å². The van der Waals surface area contributed by atoms with E-state index in [0.717, 1.165) is 35.6 Å². The molecule has 0 bridgehead atoms. The first kappa shape index (κ1) is 16.5. The number of rotatable bonds is 5. The summed E-state index contributed by atoms with van der Waals surface area (Å²) >= 11 is 0. The van der Waals surface area contributed by atoms with Gasteiger partial charge < -0.3 is 20.8 Å². The van der Waals surface area contributed by atoms with E-state index in [-0.39, 0.29) is 12.1 Å². The van der Waals surface area contributed by atoms with E-state index < -0.39 is 0 Å². The molecule has 0 unspecified atom stereocenters. The maximum absolute atomic E-state index is 6.20. The van der Waals surface area contributed by atoms with Crippen molar-refractivity contribution >= 4 is 17.5 Å². The van der Waals surface area contributed by atoms with Gasteiger partial charge in [0.2, 0.25) is 5.95 Å². The number of oxazole rings is 1. The molecule has 26 heavy (non-hydrogen) atoms. The van der Waals surface area contributed by atoms with E-state index in [4.69, 9.17) is 10.2 Å². The molecule has 0 spiro atoms. The van der Waals surface area contributed by atoms with Crippen molar-refractivity contribution in [3.63, 3.8) is 0 Å². The summed E-state index contributed by atoms with van der Waals surface area (Å²) in [5.41, 5.74) is 8.90. The van der Waals surface area contributed by atoms with Crippen LogP contribution >= 0.6 is 0 Å². The van der Waals surface area contributed by atoms with Gasteiger partial charge in [0.25, 0.3) is 0 Å². The van der Waals surface area contributed by atoms with Crippen LogP contribution in [0.15, 0.2) is 53.6 Å². The lowest BCUT2D eigenvalue weighted by atomic mass is 9.91. The Labute approximate surface area is 152 Å². The number of anilines is 3. The fraction of sp³-hybridized carbons (Fsp3) is 0.316. The molecule has 1 aliphatic carbocycles. The molecule has 7 heteroatoms. The van der Waals surface area contributed by atoms with E-state index in [1.54, 1.807) is 12.5 Å². The third kappa shape index (κ3) is 3.83. The van der Waals surface area contributed by atoms with Crippen LogP contribution in [0.4, 0.5) is 17.5 Å². The number of aromatic nitrogens is 3. The number of hydrogen-bond acceptors (Lipinski definition) is 7. The van der Waals surface area contributed by atoms with E-state index in [0.29, 0.717) is 5.95 Å². The second-order valence-electron chi connectivity index (χ2n) is 6.54. The molecule has 2 heterocycles. The van der Waals surface area contributed by atoms with Crippen LogP contribution in [0.5, 0.6) is 0 Å². The first-order valence-electron chi connectivity index (χ1n) is 8.89. The summed E-state index contributed by atoms with van der Waals surface area (Å²) in [6.07, 6.45) is 9.29. The van der Waals surface area contributed by atoms with Crippen molar-refractivity contribution in [2.75, 3.05) is 10.6 Å². The smallest absolute Gasteiger partial charge is 0.224 e. The zero-order valence-electron chi connectivity index (χ0n) is 14.4. The van der Waals surface area contributed by atoms with E-state index in [2.05, 4.69) is 25.6 Å². The van der Waals surface area contributed by atoms with Gasteiger partial charge in [-0.1, -0.05) is 25.0 Å². The molecule has 1 aromatic carbocycles. The van der Waals surface area contributed by atoms with Gasteiger partial charge in [-0.05, 0) is 31.0 Å². The van der Waals surface area contributed by atoms with Crippen LogP contribution in [0.3, 0.4) is 0 Å². The average Bonchev–Trinajstić information content (AvgIpc) is 3.19. The van der Waals surface area contributed by atoms with Crippen LogP contribution in [-0.2, 0) is 0 Å². The Kier molecular flexibility index (Phi) is 4.79. The van der Waals surface area contributed by atoms with Crippen molar-refractivity contribution in [2.24, 2.45) is 5.73 Å². The van der Waals surface area contributed by atoms with Gasteiger partial charge in [-0.25, -0.2) is 9.97 Å². The fourth-order valence-electron chi connectivity index (χ4n) is 3.26. The average molecular weight is 350 g/mol. The second-order valence-corrected chi connectivity index (χ2v) is 6.54. The van der Waals surface area contributed by atoms with E-state index in [9.17, 15) is 0 Å². The van der Waals surface area contributed by atoms with Crippen LogP contribution < -0.4 is 16.4 Å². The number of benzene rings is 1. The molecular formula is C19H22N6O. The highest BCUT2D eigenvalue weighted by atomic mass is 16.3. The van der Waals surface area contributed by atoms with E-state index in [1.807, 2.05) is 30.3 Å². The maximum Gasteiger partial charge on any atom is 0.224 e. The highest BCUT2D eigenvalue weighted by Gasteiger charge is 2.22. The Bertz CT molecular complexity index is 851. The van der Waals surface area contributed by atoms with Gasteiger partial charge >= 0.3 is 0 Å². The summed E-state index contributed by atoms with van der Waals surface area (Å²) in [4.78, 5) is 13.1. The quantitative estimate of drug-likeness (QED) is 0.646. The molecule has 2 atom stereocenters. The van der Waals surface area contributed by atoms with Crippen LogP contribution in [0.1, 0.15) is 25.7 Å². The molecular weight excluding hydrogens is 328 g/mol. The number of nitrogens with one attached hydrogen (secondary N) is 2. The first-order chi connectivity index (χ1) is 12.8. The molecule has 0 saturated heterocycles. The topological polar surface area (TPSA) is 102 Å². The predicted molar refractivity (Wildman–Crippen MR) is 101 cm³/mol. The Morgan fingerprint density at radius 2 is 2.04 bits per heavy atom. The molecule has 0 radical (unpaired) electrons. The minimum Gasteiger partial charge on any atom is -0.451 e. The van der Waals surface area contributed by atoms with Gasteiger partial charge in [0.15, 0.2) is 6.39 Å². The minimum atomic E-state index is 0.156. The zero-order chi connectivity index (χ0) is 17.8. The molecule has 0 aliphatic heterocycles. The lowest BCUT2D eigenvalue weighted by Crippen LogP contribution is -2.42. The summed E-state index contributed by atoms with van der Waals surface area (Å²) in [5, 5.41) is 6.70. The molecule has 1 fully saturated rings. The third-order valence-electron chi connectivity index (χ3n) is 4.65. The highest BCUT2D eigenvalue weighted by molar-refractivity contribution is 5.67. The van der Waals surface area contributed by atoms with Gasteiger partial charge in [-0.2, -0.15) is 4.98 Å². The maximum atomic E-state index is 6.20. The van der Waals surface area contributed by atoms with Crippen molar-refractivity contribution in [1.82, 2.24) is 15.0 Å². The molecule has 4 N–H and O–H groups in total. The van der Waals surface area contributed by atoms with Crippen molar-refractivity contribution in [3.05, 3.63) is 49.2 Å². The second kappa shape index (κ2) is 7.53. The Balaban J connectivity index is 1.48. The standard InChI is InChI=1S/C19H22N6O/c20-15-6-1-2-7-16(15)24-19-21-9-8-18(25-19)23-14-5-3-4-13(10-14)17-11-26-12-22-17/h3-5,8-12,15-16H,1-2,6-7,20H2,(H2,21,23,24,25)/t15-,16+/m0/s1. The van der Waals surface area contributed by atoms with Gasteiger partial charge in [-0.3, -0.25) is 0 Å². The monoisotopic (exact) mass is 350 g/mol. The zero-order valence-corrected chi connectivity index (χ0v) is 14.4. The van der Waals surface area contributed by atoms with Crippen LogP contribution in [0, 0.1) is 0 Å². The molecule has 134 valence electrons. The summed E-state index contributed by atoms with van der Waals surface area (Å²) in [5.74, 6) is 1.33. The van der Waals surface area contributed by atoms with Crippen molar-refractivity contribution in [3.8, 4) is 11.3 Å². The van der Waals surface area contributed by atoms with Gasteiger partial charge in [0, 0.05) is 29.5 Å². The first-order valence-corrected chi connectivity index (χ1v) is 8.89. The third-order valence-corrected chi connectivity index (χ3v) is 4.65. The predicted octanol–water partition coefficient (Wildman–Crippen LogP) is 3.56. The molecule has 3 aromatic rings. The molecule has 1 saturated carbocycles. The highest BCUT2D eigenvalue weighted by Crippen LogP contribution is 2.24. The fourth-order valence-corrected chi connectivity index (χ4v) is 3.26. The molecule has 4 rings (SSSR count). The molecule has 7 nitrogen and oxygen atoms in total. The van der Waals surface area contributed by atoms with Gasteiger partial charge in [0.05, 0.1) is 0 Å². The van der Waals surface area contributed by atoms with Crippen molar-refractivity contribution < 1.29 is 4.42 Å². The lowest BCUT2D eigenvalue weighted by molar-refractivity contribution is 0.402. The summed E-state index contributed by atoms with van der Waals surface area (Å²) in [6.45, 7) is 0. The number of nitrogens with two attached hydrogens (primary N) is 1. The number of nitrogens with zero attached hydrogens (tertiary/aromatic N) is 3. The summed E-state index contributed by atoms with van der Waals surface area (Å²) < 4.78 is 5.05. The Hall–Kier alpha value is -2.93. The lowest BCUT2D eigenvalue weighted by Gasteiger charge is -2.29. The van der Waals surface area contributed by atoms with Crippen molar-refractivity contribution in [2.45, 2.75) is 37.8 Å². The molecule has 0 amide bonds. The minimum absolute atomic E-state index is 0.156. The number of hydrogen-bond donors (Lipinski definition) is 3. The van der Waals surface area contributed by atoms with Gasteiger partial charge in [-0.15, -0.1) is 0 Å². The van der Waals surface area contributed by atoms with Crippen molar-refractivity contribution in [1.29, 1.82) is 0 Å². The normalized spacial score (nSPS) is 19.9. The van der Waals surface area contributed by atoms with Gasteiger partial charge in [0.1, 0.15) is 17.8 Å². The summed E-state index contributed by atoms with van der Waals surface area (Å²) in [6, 6.07) is 10.2. The van der Waals surface area contributed by atoms with Crippen LogP contribution in [0.2, 0.25) is 0 Å². The molecule has 2 aromatic heterocycles. The SMILES string of the molecule is N[C@H]1CCCC[C@H]1Nc1nccc(Nc2cccc(-c3cocn3)c2)n1. The van der Waals surface area contributed by atoms with E-state index >= 15 is 0 Å². The van der Waals surface area contributed by atoms with Crippen LogP contribution in [-0.4, -0.2) is 27.0 Å². The van der Waals surface area contributed by atoms with Crippen LogP contribution in [0.25, 0.3) is 11.3 Å². The Morgan fingerprint density at radius 1 is 1.12 bits per heavy atom.